The minimum absolute atomic E-state index is 0.0313. The summed E-state index contributed by atoms with van der Waals surface area (Å²) >= 11 is 0. The zero-order valence-electron chi connectivity index (χ0n) is 12.1. The van der Waals surface area contributed by atoms with Crippen molar-refractivity contribution in [3.05, 3.63) is 42.2 Å². The fourth-order valence-electron chi connectivity index (χ4n) is 2.42. The molecule has 3 rings (SSSR count). The molecule has 7 nitrogen and oxygen atoms in total. The van der Waals surface area contributed by atoms with Crippen molar-refractivity contribution < 1.29 is 13.2 Å². The van der Waals surface area contributed by atoms with E-state index < -0.39 is 10.0 Å². The van der Waals surface area contributed by atoms with E-state index in [2.05, 4.69) is 9.82 Å². The largest absolute Gasteiger partial charge is 0.315 e. The first-order chi connectivity index (χ1) is 10.5. The standard InChI is InChI=1S/C14H16N4O3S/c1-17-13-4-3-12(9-11(13)10-14(17)19)22(20,21)16-6-8-18-7-2-5-15-18/h2-5,7,9,16H,6,8,10H2,1H3. The lowest BCUT2D eigenvalue weighted by molar-refractivity contribution is -0.117. The second-order valence-corrected chi connectivity index (χ2v) is 6.85. The summed E-state index contributed by atoms with van der Waals surface area (Å²) in [6.07, 6.45) is 3.65. The van der Waals surface area contributed by atoms with Crippen LogP contribution in [0.3, 0.4) is 0 Å². The number of nitrogens with one attached hydrogen (secondary N) is 1. The van der Waals surface area contributed by atoms with Gasteiger partial charge in [-0.1, -0.05) is 0 Å². The Morgan fingerprint density at radius 2 is 2.18 bits per heavy atom. The minimum atomic E-state index is -3.59. The summed E-state index contributed by atoms with van der Waals surface area (Å²) in [5, 5.41) is 4.01. The third kappa shape index (κ3) is 2.75. The van der Waals surface area contributed by atoms with Crippen molar-refractivity contribution in [2.75, 3.05) is 18.5 Å². The predicted octanol–water partition coefficient (Wildman–Crippen LogP) is 0.381. The number of carbonyl (C=O) groups is 1. The molecule has 0 unspecified atom stereocenters. The smallest absolute Gasteiger partial charge is 0.240 e. The number of hydrogen-bond donors (Lipinski definition) is 1. The third-order valence-corrected chi connectivity index (χ3v) is 5.09. The maximum absolute atomic E-state index is 12.3. The molecule has 1 N–H and O–H groups in total. The number of nitrogens with zero attached hydrogens (tertiary/aromatic N) is 3. The molecule has 1 aromatic heterocycles. The molecule has 0 saturated carbocycles. The van der Waals surface area contributed by atoms with E-state index in [-0.39, 0.29) is 23.8 Å². The molecule has 0 saturated heterocycles. The highest BCUT2D eigenvalue weighted by atomic mass is 32.2. The van der Waals surface area contributed by atoms with E-state index in [4.69, 9.17) is 0 Å². The van der Waals surface area contributed by atoms with Crippen LogP contribution in [0.2, 0.25) is 0 Å². The summed E-state index contributed by atoms with van der Waals surface area (Å²) in [7, 11) is -1.91. The van der Waals surface area contributed by atoms with Crippen LogP contribution in [0.25, 0.3) is 0 Å². The van der Waals surface area contributed by atoms with Crippen molar-refractivity contribution >= 4 is 21.6 Å². The molecule has 2 heterocycles. The van der Waals surface area contributed by atoms with Crippen molar-refractivity contribution in [1.29, 1.82) is 0 Å². The Hall–Kier alpha value is -2.19. The van der Waals surface area contributed by atoms with Gasteiger partial charge in [0, 0.05) is 31.7 Å². The van der Waals surface area contributed by atoms with Crippen molar-refractivity contribution in [3.63, 3.8) is 0 Å². The van der Waals surface area contributed by atoms with Crippen LogP contribution < -0.4 is 9.62 Å². The average Bonchev–Trinajstić information content (AvgIpc) is 3.08. The van der Waals surface area contributed by atoms with Gasteiger partial charge in [0.25, 0.3) is 0 Å². The molecule has 0 bridgehead atoms. The first-order valence-corrected chi connectivity index (χ1v) is 8.32. The van der Waals surface area contributed by atoms with Crippen LogP contribution in [0.5, 0.6) is 0 Å². The van der Waals surface area contributed by atoms with Gasteiger partial charge in [-0.25, -0.2) is 13.1 Å². The molecule has 116 valence electrons. The number of sulfonamides is 1. The SMILES string of the molecule is CN1C(=O)Cc2cc(S(=O)(=O)NCCn3cccn3)ccc21. The van der Waals surface area contributed by atoms with E-state index >= 15 is 0 Å². The normalized spacial score (nSPS) is 14.4. The summed E-state index contributed by atoms with van der Waals surface area (Å²) in [4.78, 5) is 13.4. The van der Waals surface area contributed by atoms with Crippen LogP contribution in [-0.4, -0.2) is 37.7 Å². The number of benzene rings is 1. The molecule has 1 aromatic carbocycles. The lowest BCUT2D eigenvalue weighted by Gasteiger charge is -2.11. The molecule has 0 atom stereocenters. The lowest BCUT2D eigenvalue weighted by atomic mass is 10.2. The zero-order chi connectivity index (χ0) is 15.7. The van der Waals surface area contributed by atoms with Crippen LogP contribution >= 0.6 is 0 Å². The van der Waals surface area contributed by atoms with Gasteiger partial charge in [-0.15, -0.1) is 0 Å². The molecule has 1 aliphatic heterocycles. The van der Waals surface area contributed by atoms with Crippen LogP contribution in [0.15, 0.2) is 41.6 Å². The highest BCUT2D eigenvalue weighted by molar-refractivity contribution is 7.89. The lowest BCUT2D eigenvalue weighted by Crippen LogP contribution is -2.27. The van der Waals surface area contributed by atoms with Crippen molar-refractivity contribution in [3.8, 4) is 0 Å². The van der Waals surface area contributed by atoms with Gasteiger partial charge in [0.15, 0.2) is 0 Å². The number of anilines is 1. The Balaban J connectivity index is 1.73. The number of carbonyl (C=O) groups excluding carboxylic acids is 1. The van der Waals surface area contributed by atoms with E-state index in [1.807, 2.05) is 0 Å². The van der Waals surface area contributed by atoms with Gasteiger partial charge in [0.05, 0.1) is 17.9 Å². The number of aromatic nitrogens is 2. The number of rotatable bonds is 5. The maximum Gasteiger partial charge on any atom is 0.240 e. The quantitative estimate of drug-likeness (QED) is 0.863. The summed E-state index contributed by atoms with van der Waals surface area (Å²) in [6, 6.07) is 6.53. The zero-order valence-corrected chi connectivity index (χ0v) is 12.9. The Labute approximate surface area is 128 Å². The molecule has 22 heavy (non-hydrogen) atoms. The monoisotopic (exact) mass is 320 g/mol. The summed E-state index contributed by atoms with van der Waals surface area (Å²) < 4.78 is 28.8. The number of amides is 1. The highest BCUT2D eigenvalue weighted by Gasteiger charge is 2.26. The molecule has 2 aromatic rings. The van der Waals surface area contributed by atoms with Gasteiger partial charge in [0.1, 0.15) is 0 Å². The fraction of sp³-hybridized carbons (Fsp3) is 0.286. The van der Waals surface area contributed by atoms with Gasteiger partial charge in [-0.3, -0.25) is 9.48 Å². The van der Waals surface area contributed by atoms with E-state index in [9.17, 15) is 13.2 Å². The molecule has 0 aliphatic carbocycles. The Morgan fingerprint density at radius 1 is 1.36 bits per heavy atom. The third-order valence-electron chi connectivity index (χ3n) is 3.63. The van der Waals surface area contributed by atoms with Crippen LogP contribution in [0, 0.1) is 0 Å². The highest BCUT2D eigenvalue weighted by Crippen LogP contribution is 2.29. The number of hydrogen-bond acceptors (Lipinski definition) is 4. The molecular formula is C14H16N4O3S. The molecular weight excluding hydrogens is 304 g/mol. The van der Waals surface area contributed by atoms with Crippen LogP contribution in [0.1, 0.15) is 5.56 Å². The molecule has 1 amide bonds. The van der Waals surface area contributed by atoms with Crippen LogP contribution in [0.4, 0.5) is 5.69 Å². The van der Waals surface area contributed by atoms with Gasteiger partial charge >= 0.3 is 0 Å². The first kappa shape index (κ1) is 14.7. The topological polar surface area (TPSA) is 84.3 Å². The summed E-state index contributed by atoms with van der Waals surface area (Å²) in [5.41, 5.74) is 1.50. The van der Waals surface area contributed by atoms with E-state index in [1.54, 1.807) is 42.3 Å². The van der Waals surface area contributed by atoms with Gasteiger partial charge in [-0.05, 0) is 29.8 Å². The summed E-state index contributed by atoms with van der Waals surface area (Å²) in [6.45, 7) is 0.707. The fourth-order valence-corrected chi connectivity index (χ4v) is 3.50. The number of fused-ring (bicyclic) bond motifs is 1. The predicted molar refractivity (Wildman–Crippen MR) is 81.0 cm³/mol. The second-order valence-electron chi connectivity index (χ2n) is 5.09. The Bertz CT molecular complexity index is 800. The maximum atomic E-state index is 12.3. The average molecular weight is 320 g/mol. The van der Waals surface area contributed by atoms with Crippen molar-refractivity contribution in [1.82, 2.24) is 14.5 Å². The Morgan fingerprint density at radius 3 is 2.91 bits per heavy atom. The van der Waals surface area contributed by atoms with Gasteiger partial charge < -0.3 is 4.90 Å². The van der Waals surface area contributed by atoms with E-state index in [0.717, 1.165) is 11.3 Å². The van der Waals surface area contributed by atoms with Gasteiger partial charge in [0.2, 0.25) is 15.9 Å². The first-order valence-electron chi connectivity index (χ1n) is 6.84. The number of likely N-dealkylation sites (N-methyl/N-ethyl adjacent to an activating group) is 1. The van der Waals surface area contributed by atoms with E-state index in [1.165, 1.54) is 11.0 Å². The molecule has 0 fully saturated rings. The van der Waals surface area contributed by atoms with Gasteiger partial charge in [-0.2, -0.15) is 5.10 Å². The summed E-state index contributed by atoms with van der Waals surface area (Å²) in [5.74, 6) is -0.0313. The minimum Gasteiger partial charge on any atom is -0.315 e. The van der Waals surface area contributed by atoms with Crippen molar-refractivity contribution in [2.24, 2.45) is 0 Å². The molecule has 1 aliphatic rings. The van der Waals surface area contributed by atoms with Crippen molar-refractivity contribution in [2.45, 2.75) is 17.9 Å². The van der Waals surface area contributed by atoms with Crippen LogP contribution in [-0.2, 0) is 27.8 Å². The molecule has 8 heteroatoms. The molecule has 0 radical (unpaired) electrons. The molecule has 0 spiro atoms. The Kier molecular flexibility index (Phi) is 3.71. The second kappa shape index (κ2) is 5.54. The van der Waals surface area contributed by atoms with E-state index in [0.29, 0.717) is 6.54 Å².